The zero-order valence-electron chi connectivity index (χ0n) is 9.88. The van der Waals surface area contributed by atoms with Gasteiger partial charge in [-0.2, -0.15) is 0 Å². The summed E-state index contributed by atoms with van der Waals surface area (Å²) in [4.78, 5) is 4.39. The van der Waals surface area contributed by atoms with E-state index in [0.29, 0.717) is 0 Å². The van der Waals surface area contributed by atoms with Crippen molar-refractivity contribution < 1.29 is 5.11 Å². The van der Waals surface area contributed by atoms with Gasteiger partial charge in [0.1, 0.15) is 0 Å². The fourth-order valence-electron chi connectivity index (χ4n) is 0.911. The Morgan fingerprint density at radius 2 is 1.54 bits per heavy atom. The van der Waals surface area contributed by atoms with E-state index in [4.69, 9.17) is 5.11 Å². The summed E-state index contributed by atoms with van der Waals surface area (Å²) in [6.45, 7) is 10.3. The van der Waals surface area contributed by atoms with E-state index in [9.17, 15) is 0 Å². The fourth-order valence-corrected chi connectivity index (χ4v) is 0.911. The maximum atomic E-state index is 8.68. The summed E-state index contributed by atoms with van der Waals surface area (Å²) in [5.74, 6) is 0. The lowest BCUT2D eigenvalue weighted by Crippen LogP contribution is -2.33. The summed E-state index contributed by atoms with van der Waals surface area (Å²) in [6.07, 6.45) is 0. The second-order valence-electron chi connectivity index (χ2n) is 2.96. The molecule has 0 atom stereocenters. The first kappa shape index (κ1) is 15.4. The third-order valence-corrected chi connectivity index (χ3v) is 1.73. The number of aliphatic hydroxyl groups is 1. The summed E-state index contributed by atoms with van der Waals surface area (Å²) < 4.78 is 0. The molecule has 0 aromatic carbocycles. The van der Waals surface area contributed by atoms with E-state index in [1.165, 1.54) is 0 Å². The maximum absolute atomic E-state index is 8.68. The molecule has 0 rings (SSSR count). The summed E-state index contributed by atoms with van der Waals surface area (Å²) in [5, 5.41) is 8.68. The predicted molar refractivity (Wildman–Crippen MR) is 59.1 cm³/mol. The molecule has 0 unspecified atom stereocenters. The van der Waals surface area contributed by atoms with Crippen molar-refractivity contribution in [1.82, 2.24) is 9.80 Å². The van der Waals surface area contributed by atoms with Crippen LogP contribution in [0.5, 0.6) is 0 Å². The van der Waals surface area contributed by atoms with Crippen LogP contribution in [0, 0.1) is 0 Å². The largest absolute Gasteiger partial charge is 0.395 e. The Balaban J connectivity index is 0. The Labute approximate surface area is 83.3 Å². The second-order valence-corrected chi connectivity index (χ2v) is 2.96. The van der Waals surface area contributed by atoms with E-state index in [1.54, 1.807) is 0 Å². The maximum Gasteiger partial charge on any atom is 0.0558 e. The number of rotatable bonds is 6. The second kappa shape index (κ2) is 11.9. The molecule has 3 heteroatoms. The molecule has 0 bridgehead atoms. The fraction of sp³-hybridized carbons (Fsp3) is 1.00. The lowest BCUT2D eigenvalue weighted by atomic mass is 10.4. The standard InChI is InChI=1S/C8H20N2O.C2H6/c1-4-10(7-8-11)6-5-9(2)3;1-2/h11H,4-8H2,1-3H3;1-2H3. The van der Waals surface area contributed by atoms with E-state index in [2.05, 4.69) is 30.8 Å². The van der Waals surface area contributed by atoms with Gasteiger partial charge < -0.3 is 14.9 Å². The molecule has 0 spiro atoms. The summed E-state index contributed by atoms with van der Waals surface area (Å²) in [7, 11) is 4.12. The Bertz CT molecular complexity index is 87.0. The van der Waals surface area contributed by atoms with Crippen LogP contribution in [0.1, 0.15) is 20.8 Å². The Kier molecular flexibility index (Phi) is 14.0. The molecule has 0 saturated carbocycles. The van der Waals surface area contributed by atoms with Crippen molar-refractivity contribution >= 4 is 0 Å². The Hall–Kier alpha value is -0.120. The minimum atomic E-state index is 0.265. The highest BCUT2D eigenvalue weighted by molar-refractivity contribution is 4.55. The smallest absolute Gasteiger partial charge is 0.0558 e. The minimum Gasteiger partial charge on any atom is -0.395 e. The molecule has 1 N–H and O–H groups in total. The van der Waals surface area contributed by atoms with Crippen molar-refractivity contribution in [2.75, 3.05) is 46.9 Å². The zero-order chi connectivity index (χ0) is 10.7. The van der Waals surface area contributed by atoms with Crippen LogP contribution in [0.4, 0.5) is 0 Å². The molecule has 0 heterocycles. The topological polar surface area (TPSA) is 26.7 Å². The van der Waals surface area contributed by atoms with Gasteiger partial charge >= 0.3 is 0 Å². The quantitative estimate of drug-likeness (QED) is 0.674. The predicted octanol–water partition coefficient (Wildman–Crippen LogP) is 0.888. The zero-order valence-corrected chi connectivity index (χ0v) is 9.88. The van der Waals surface area contributed by atoms with Gasteiger partial charge in [-0.3, -0.25) is 0 Å². The summed E-state index contributed by atoms with van der Waals surface area (Å²) >= 11 is 0. The van der Waals surface area contributed by atoms with Crippen LogP contribution in [0.15, 0.2) is 0 Å². The third kappa shape index (κ3) is 11.9. The number of likely N-dealkylation sites (N-methyl/N-ethyl adjacent to an activating group) is 2. The van der Waals surface area contributed by atoms with Crippen molar-refractivity contribution in [2.24, 2.45) is 0 Å². The van der Waals surface area contributed by atoms with E-state index < -0.39 is 0 Å². The van der Waals surface area contributed by atoms with Crippen LogP contribution in [-0.4, -0.2) is 61.8 Å². The first-order valence-electron chi connectivity index (χ1n) is 5.18. The molecule has 13 heavy (non-hydrogen) atoms. The van der Waals surface area contributed by atoms with E-state index in [1.807, 2.05) is 13.8 Å². The average Bonchev–Trinajstić information content (AvgIpc) is 2.15. The van der Waals surface area contributed by atoms with Crippen LogP contribution in [0.2, 0.25) is 0 Å². The van der Waals surface area contributed by atoms with Crippen molar-refractivity contribution in [3.05, 3.63) is 0 Å². The van der Waals surface area contributed by atoms with Gasteiger partial charge in [0.2, 0.25) is 0 Å². The first-order valence-corrected chi connectivity index (χ1v) is 5.18. The van der Waals surface area contributed by atoms with Crippen molar-refractivity contribution in [2.45, 2.75) is 20.8 Å². The molecule has 0 aliphatic rings. The molecule has 0 aliphatic carbocycles. The highest BCUT2D eigenvalue weighted by Crippen LogP contribution is 1.86. The van der Waals surface area contributed by atoms with Crippen LogP contribution >= 0.6 is 0 Å². The lowest BCUT2D eigenvalue weighted by molar-refractivity contribution is 0.189. The molecule has 0 radical (unpaired) electrons. The molecule has 3 nitrogen and oxygen atoms in total. The summed E-state index contributed by atoms with van der Waals surface area (Å²) in [6, 6.07) is 0. The van der Waals surface area contributed by atoms with Crippen LogP contribution < -0.4 is 0 Å². The van der Waals surface area contributed by atoms with Crippen molar-refractivity contribution in [3.8, 4) is 0 Å². The van der Waals surface area contributed by atoms with Gasteiger partial charge in [0.25, 0.3) is 0 Å². The highest BCUT2D eigenvalue weighted by Gasteiger charge is 2.00. The minimum absolute atomic E-state index is 0.265. The van der Waals surface area contributed by atoms with Gasteiger partial charge in [0.05, 0.1) is 6.61 Å². The molecule has 0 aliphatic heterocycles. The number of hydrogen-bond acceptors (Lipinski definition) is 3. The summed E-state index contributed by atoms with van der Waals surface area (Å²) in [5.41, 5.74) is 0. The highest BCUT2D eigenvalue weighted by atomic mass is 16.3. The van der Waals surface area contributed by atoms with Crippen LogP contribution in [0.25, 0.3) is 0 Å². The third-order valence-electron chi connectivity index (χ3n) is 1.73. The molecule has 82 valence electrons. The Morgan fingerprint density at radius 3 is 1.85 bits per heavy atom. The van der Waals surface area contributed by atoms with Gasteiger partial charge in [0.15, 0.2) is 0 Å². The Morgan fingerprint density at radius 1 is 1.00 bits per heavy atom. The number of hydrogen-bond donors (Lipinski definition) is 1. The van der Waals surface area contributed by atoms with Gasteiger partial charge in [-0.1, -0.05) is 20.8 Å². The molecule has 0 fully saturated rings. The molecular formula is C10H26N2O. The molecule has 0 saturated heterocycles. The first-order chi connectivity index (χ1) is 6.20. The molecular weight excluding hydrogens is 164 g/mol. The van der Waals surface area contributed by atoms with Crippen LogP contribution in [0.3, 0.4) is 0 Å². The normalized spacial score (nSPS) is 10.2. The van der Waals surface area contributed by atoms with Gasteiger partial charge in [-0.15, -0.1) is 0 Å². The van der Waals surface area contributed by atoms with Gasteiger partial charge in [-0.25, -0.2) is 0 Å². The molecule has 0 amide bonds. The van der Waals surface area contributed by atoms with E-state index >= 15 is 0 Å². The van der Waals surface area contributed by atoms with Crippen molar-refractivity contribution in [1.29, 1.82) is 0 Å². The SMILES string of the molecule is CC.CCN(CCO)CCN(C)C. The van der Waals surface area contributed by atoms with Crippen LogP contribution in [-0.2, 0) is 0 Å². The average molecular weight is 190 g/mol. The number of nitrogens with zero attached hydrogens (tertiary/aromatic N) is 2. The van der Waals surface area contributed by atoms with Crippen molar-refractivity contribution in [3.63, 3.8) is 0 Å². The molecule has 0 aromatic rings. The van der Waals surface area contributed by atoms with E-state index in [-0.39, 0.29) is 6.61 Å². The van der Waals surface area contributed by atoms with Gasteiger partial charge in [0, 0.05) is 19.6 Å². The lowest BCUT2D eigenvalue weighted by Gasteiger charge is -2.21. The van der Waals surface area contributed by atoms with Gasteiger partial charge in [-0.05, 0) is 20.6 Å². The molecule has 0 aromatic heterocycles. The number of aliphatic hydroxyl groups excluding tert-OH is 1. The van der Waals surface area contributed by atoms with E-state index in [0.717, 1.165) is 26.2 Å². The monoisotopic (exact) mass is 190 g/mol.